The van der Waals surface area contributed by atoms with E-state index in [9.17, 15) is 0 Å². The van der Waals surface area contributed by atoms with Crippen LogP contribution in [0, 0.1) is 0 Å². The van der Waals surface area contributed by atoms with Crippen molar-refractivity contribution in [3.63, 3.8) is 0 Å². The Kier molecular flexibility index (Phi) is 6.67. The summed E-state index contributed by atoms with van der Waals surface area (Å²) < 4.78 is 5.22. The predicted octanol–water partition coefficient (Wildman–Crippen LogP) is 2.13. The van der Waals surface area contributed by atoms with Gasteiger partial charge in [0.1, 0.15) is 5.75 Å². The van der Waals surface area contributed by atoms with Crippen molar-refractivity contribution in [2.45, 2.75) is 19.9 Å². The van der Waals surface area contributed by atoms with Crippen LogP contribution in [0.15, 0.2) is 24.3 Å². The molecule has 0 spiro atoms. The molecule has 17 heavy (non-hydrogen) atoms. The maximum absolute atomic E-state index is 5.22. The molecule has 1 aromatic rings. The third-order valence-electron chi connectivity index (χ3n) is 2.73. The molecule has 1 N–H and O–H groups in total. The lowest BCUT2D eigenvalue weighted by Crippen LogP contribution is -2.23. The summed E-state index contributed by atoms with van der Waals surface area (Å²) in [4.78, 5) is 2.34. The normalized spacial score (nSPS) is 10.8. The van der Waals surface area contributed by atoms with Gasteiger partial charge in [-0.3, -0.25) is 0 Å². The minimum atomic E-state index is 0.934. The van der Waals surface area contributed by atoms with Crippen molar-refractivity contribution in [1.29, 1.82) is 0 Å². The lowest BCUT2D eigenvalue weighted by atomic mass is 10.2. The van der Waals surface area contributed by atoms with Gasteiger partial charge in [0.25, 0.3) is 0 Å². The van der Waals surface area contributed by atoms with Crippen molar-refractivity contribution in [3.8, 4) is 5.75 Å². The van der Waals surface area contributed by atoms with Gasteiger partial charge in [0, 0.05) is 6.54 Å². The van der Waals surface area contributed by atoms with Crippen LogP contribution in [-0.2, 0) is 6.54 Å². The highest BCUT2D eigenvalue weighted by molar-refractivity contribution is 5.28. The Bertz CT molecular complexity index is 315. The van der Waals surface area contributed by atoms with Crippen LogP contribution < -0.4 is 10.1 Å². The molecular weight excluding hydrogens is 212 g/mol. The molecule has 0 fully saturated rings. The van der Waals surface area contributed by atoms with Crippen LogP contribution in [-0.4, -0.2) is 38.7 Å². The molecule has 0 heterocycles. The topological polar surface area (TPSA) is 24.5 Å². The SMILES string of the molecule is CCNCCCN(C)Cc1cccc(OC)c1. The number of methoxy groups -OCH3 is 1. The van der Waals surface area contributed by atoms with Gasteiger partial charge in [0.15, 0.2) is 0 Å². The lowest BCUT2D eigenvalue weighted by molar-refractivity contribution is 0.319. The van der Waals surface area contributed by atoms with Gasteiger partial charge in [0.05, 0.1) is 7.11 Å². The largest absolute Gasteiger partial charge is 0.497 e. The number of benzene rings is 1. The fourth-order valence-corrected chi connectivity index (χ4v) is 1.81. The molecule has 0 unspecified atom stereocenters. The molecule has 0 saturated heterocycles. The van der Waals surface area contributed by atoms with E-state index in [1.165, 1.54) is 12.0 Å². The monoisotopic (exact) mass is 236 g/mol. The molecule has 0 saturated carbocycles. The van der Waals surface area contributed by atoms with E-state index in [1.54, 1.807) is 7.11 Å². The molecule has 0 amide bonds. The Hall–Kier alpha value is -1.06. The fourth-order valence-electron chi connectivity index (χ4n) is 1.81. The van der Waals surface area contributed by atoms with E-state index in [4.69, 9.17) is 4.74 Å². The van der Waals surface area contributed by atoms with Crippen LogP contribution in [0.3, 0.4) is 0 Å². The molecule has 0 bridgehead atoms. The molecule has 0 aliphatic carbocycles. The number of hydrogen-bond acceptors (Lipinski definition) is 3. The fraction of sp³-hybridized carbons (Fsp3) is 0.571. The van der Waals surface area contributed by atoms with Crippen molar-refractivity contribution in [2.24, 2.45) is 0 Å². The van der Waals surface area contributed by atoms with Crippen LogP contribution in [0.4, 0.5) is 0 Å². The Balaban J connectivity index is 2.31. The van der Waals surface area contributed by atoms with Gasteiger partial charge in [-0.05, 0) is 50.8 Å². The highest BCUT2D eigenvalue weighted by Gasteiger charge is 2.01. The number of nitrogens with zero attached hydrogens (tertiary/aromatic N) is 1. The van der Waals surface area contributed by atoms with Crippen molar-refractivity contribution in [2.75, 3.05) is 33.8 Å². The van der Waals surface area contributed by atoms with Crippen molar-refractivity contribution >= 4 is 0 Å². The maximum atomic E-state index is 5.22. The summed E-state index contributed by atoms with van der Waals surface area (Å²) in [5.41, 5.74) is 1.30. The summed E-state index contributed by atoms with van der Waals surface area (Å²) in [6.45, 7) is 6.38. The zero-order valence-electron chi connectivity index (χ0n) is 11.2. The lowest BCUT2D eigenvalue weighted by Gasteiger charge is -2.17. The molecule has 3 heteroatoms. The maximum Gasteiger partial charge on any atom is 0.119 e. The van der Waals surface area contributed by atoms with Crippen molar-refractivity contribution in [3.05, 3.63) is 29.8 Å². The molecule has 0 aliphatic heterocycles. The Labute approximate surface area is 105 Å². The quantitative estimate of drug-likeness (QED) is 0.700. The van der Waals surface area contributed by atoms with Crippen LogP contribution in [0.2, 0.25) is 0 Å². The van der Waals surface area contributed by atoms with E-state index < -0.39 is 0 Å². The molecular formula is C14H24N2O. The number of ether oxygens (including phenoxy) is 1. The second-order valence-corrected chi connectivity index (χ2v) is 4.30. The molecule has 0 atom stereocenters. The average Bonchev–Trinajstić information content (AvgIpc) is 2.35. The zero-order valence-corrected chi connectivity index (χ0v) is 11.2. The Morgan fingerprint density at radius 1 is 1.35 bits per heavy atom. The minimum Gasteiger partial charge on any atom is -0.497 e. The first-order valence-electron chi connectivity index (χ1n) is 6.28. The van der Waals surface area contributed by atoms with Gasteiger partial charge < -0.3 is 15.0 Å². The van der Waals surface area contributed by atoms with Crippen LogP contribution >= 0.6 is 0 Å². The smallest absolute Gasteiger partial charge is 0.119 e. The Morgan fingerprint density at radius 3 is 2.88 bits per heavy atom. The molecule has 0 aromatic heterocycles. The average molecular weight is 236 g/mol. The van der Waals surface area contributed by atoms with Gasteiger partial charge in [-0.1, -0.05) is 19.1 Å². The van der Waals surface area contributed by atoms with E-state index in [-0.39, 0.29) is 0 Å². The third-order valence-corrected chi connectivity index (χ3v) is 2.73. The summed E-state index contributed by atoms with van der Waals surface area (Å²) in [6, 6.07) is 8.26. The number of rotatable bonds is 8. The van der Waals surface area contributed by atoms with Crippen molar-refractivity contribution in [1.82, 2.24) is 10.2 Å². The number of nitrogens with one attached hydrogen (secondary N) is 1. The molecule has 1 aromatic carbocycles. The van der Waals surface area contributed by atoms with E-state index in [2.05, 4.69) is 36.3 Å². The standard InChI is InChI=1S/C14H24N2O/c1-4-15-9-6-10-16(2)12-13-7-5-8-14(11-13)17-3/h5,7-8,11,15H,4,6,9-10,12H2,1-3H3. The molecule has 0 radical (unpaired) electrons. The Morgan fingerprint density at radius 2 is 2.18 bits per heavy atom. The van der Waals surface area contributed by atoms with Crippen LogP contribution in [0.1, 0.15) is 18.9 Å². The van der Waals surface area contributed by atoms with Gasteiger partial charge in [-0.25, -0.2) is 0 Å². The summed E-state index contributed by atoms with van der Waals surface area (Å²) >= 11 is 0. The zero-order chi connectivity index (χ0) is 12.5. The molecule has 1 rings (SSSR count). The minimum absolute atomic E-state index is 0.934. The highest BCUT2D eigenvalue weighted by atomic mass is 16.5. The molecule has 0 aliphatic rings. The van der Waals surface area contributed by atoms with E-state index in [0.29, 0.717) is 0 Å². The first-order chi connectivity index (χ1) is 8.26. The third kappa shape index (κ3) is 5.71. The molecule has 96 valence electrons. The summed E-state index contributed by atoms with van der Waals surface area (Å²) in [6.07, 6.45) is 1.19. The van der Waals surface area contributed by atoms with E-state index in [0.717, 1.165) is 31.9 Å². The first kappa shape index (κ1) is 14.0. The van der Waals surface area contributed by atoms with Crippen LogP contribution in [0.25, 0.3) is 0 Å². The number of hydrogen-bond donors (Lipinski definition) is 1. The summed E-state index contributed by atoms with van der Waals surface area (Å²) in [7, 11) is 3.87. The second-order valence-electron chi connectivity index (χ2n) is 4.30. The summed E-state index contributed by atoms with van der Waals surface area (Å²) in [5.74, 6) is 0.934. The van der Waals surface area contributed by atoms with Crippen molar-refractivity contribution < 1.29 is 4.74 Å². The highest BCUT2D eigenvalue weighted by Crippen LogP contribution is 2.13. The van der Waals surface area contributed by atoms with Crippen LogP contribution in [0.5, 0.6) is 5.75 Å². The van der Waals surface area contributed by atoms with E-state index in [1.807, 2.05) is 12.1 Å². The predicted molar refractivity (Wildman–Crippen MR) is 72.5 cm³/mol. The van der Waals surface area contributed by atoms with Gasteiger partial charge >= 0.3 is 0 Å². The van der Waals surface area contributed by atoms with Gasteiger partial charge in [0.2, 0.25) is 0 Å². The van der Waals surface area contributed by atoms with Gasteiger partial charge in [-0.15, -0.1) is 0 Å². The second kappa shape index (κ2) is 8.09. The molecule has 3 nitrogen and oxygen atoms in total. The van der Waals surface area contributed by atoms with Gasteiger partial charge in [-0.2, -0.15) is 0 Å². The van der Waals surface area contributed by atoms with E-state index >= 15 is 0 Å². The first-order valence-corrected chi connectivity index (χ1v) is 6.28. The summed E-state index contributed by atoms with van der Waals surface area (Å²) in [5, 5.41) is 3.34.